The second kappa shape index (κ2) is 5.36. The zero-order valence-electron chi connectivity index (χ0n) is 12.2. The Labute approximate surface area is 134 Å². The van der Waals surface area contributed by atoms with Crippen molar-refractivity contribution in [1.82, 2.24) is 0 Å². The second-order valence-corrected chi connectivity index (χ2v) is 16.7. The fourth-order valence-corrected chi connectivity index (χ4v) is 24.3. The number of rotatable bonds is 1. The summed E-state index contributed by atoms with van der Waals surface area (Å²) >= 11 is 4.45. The van der Waals surface area contributed by atoms with Gasteiger partial charge >= 0.3 is 0 Å². The lowest BCUT2D eigenvalue weighted by Gasteiger charge is -2.50. The average molecular weight is 345 g/mol. The van der Waals surface area contributed by atoms with E-state index in [-0.39, 0.29) is 10.0 Å². The molecule has 3 heterocycles. The molecule has 3 aliphatic rings. The Kier molecular flexibility index (Phi) is 3.81. The van der Waals surface area contributed by atoms with Crippen LogP contribution in [-0.4, -0.2) is 37.8 Å². The molecule has 0 radical (unpaired) electrons. The zero-order valence-corrected chi connectivity index (χ0v) is 15.4. The SMILES string of the molecule is CCC1S2(CCCSC2)CCS12CSc1ccccc12. The monoisotopic (exact) mass is 344 g/mol. The third-order valence-corrected chi connectivity index (χ3v) is 20.8. The van der Waals surface area contributed by atoms with Gasteiger partial charge in [0, 0.05) is 24.5 Å². The third-order valence-electron chi connectivity index (χ3n) is 5.12. The van der Waals surface area contributed by atoms with Crippen LogP contribution < -0.4 is 0 Å². The lowest BCUT2D eigenvalue weighted by atomic mass is 10.4. The standard InChI is InChI=1S/C16H24S4/c1-2-16-19(9-5-8-17-12-19)10-11-20(16)13-18-14-6-3-4-7-15(14)20/h3-4,6-7,16H,2,5,8-13H2,1H3. The van der Waals surface area contributed by atoms with Gasteiger partial charge in [0.1, 0.15) is 0 Å². The molecule has 3 aliphatic heterocycles. The van der Waals surface area contributed by atoms with Crippen molar-refractivity contribution in [3.05, 3.63) is 24.3 Å². The van der Waals surface area contributed by atoms with Crippen molar-refractivity contribution in [3.63, 3.8) is 0 Å². The van der Waals surface area contributed by atoms with Gasteiger partial charge in [0.15, 0.2) is 0 Å². The van der Waals surface area contributed by atoms with E-state index < -0.39 is 10.0 Å². The first-order valence-electron chi connectivity index (χ1n) is 7.63. The fourth-order valence-electron chi connectivity index (χ4n) is 4.27. The van der Waals surface area contributed by atoms with E-state index in [4.69, 9.17) is 0 Å². The molecule has 0 N–H and O–H groups in total. The molecular weight excluding hydrogens is 320 g/mol. The molecule has 0 nitrogen and oxygen atoms in total. The summed E-state index contributed by atoms with van der Waals surface area (Å²) in [5, 5.41) is 2.98. The number of thioether (sulfide) groups is 2. The van der Waals surface area contributed by atoms with E-state index in [9.17, 15) is 0 Å². The highest BCUT2D eigenvalue weighted by Gasteiger charge is 2.53. The van der Waals surface area contributed by atoms with Crippen LogP contribution in [0.4, 0.5) is 0 Å². The van der Waals surface area contributed by atoms with Gasteiger partial charge in [-0.1, -0.05) is 19.1 Å². The Bertz CT molecular complexity index is 509. The minimum atomic E-state index is -0.497. The molecule has 112 valence electrons. The molecule has 0 aromatic heterocycles. The first-order chi connectivity index (χ1) is 9.81. The van der Waals surface area contributed by atoms with Crippen LogP contribution in [0.15, 0.2) is 34.1 Å². The summed E-state index contributed by atoms with van der Waals surface area (Å²) < 4.78 is 1.08. The minimum Gasteiger partial charge on any atom is -0.220 e. The quantitative estimate of drug-likeness (QED) is 0.654. The van der Waals surface area contributed by atoms with E-state index in [0.717, 1.165) is 4.58 Å². The molecule has 0 saturated carbocycles. The van der Waals surface area contributed by atoms with Crippen LogP contribution >= 0.6 is 43.6 Å². The van der Waals surface area contributed by atoms with Gasteiger partial charge in [0.2, 0.25) is 0 Å². The van der Waals surface area contributed by atoms with Gasteiger partial charge in [-0.2, -0.15) is 21.8 Å². The van der Waals surface area contributed by atoms with Gasteiger partial charge in [-0.3, -0.25) is 0 Å². The molecule has 2 fully saturated rings. The van der Waals surface area contributed by atoms with Crippen LogP contribution in [0.5, 0.6) is 0 Å². The zero-order chi connectivity index (χ0) is 13.6. The van der Waals surface area contributed by atoms with Crippen molar-refractivity contribution in [2.45, 2.75) is 34.1 Å². The van der Waals surface area contributed by atoms with Gasteiger partial charge < -0.3 is 0 Å². The number of fused-ring (bicyclic) bond motifs is 2. The van der Waals surface area contributed by atoms with Crippen molar-refractivity contribution >= 4 is 43.6 Å². The van der Waals surface area contributed by atoms with E-state index in [1.54, 1.807) is 27.0 Å². The Morgan fingerprint density at radius 2 is 2.05 bits per heavy atom. The highest BCUT2D eigenvalue weighted by atomic mass is 32.3. The predicted octanol–water partition coefficient (Wildman–Crippen LogP) is 5.56. The highest BCUT2D eigenvalue weighted by Crippen LogP contribution is 2.84. The largest absolute Gasteiger partial charge is 0.220 e. The van der Waals surface area contributed by atoms with Gasteiger partial charge in [-0.05, 0) is 48.0 Å². The Balaban J connectivity index is 1.77. The van der Waals surface area contributed by atoms with Gasteiger partial charge in [-0.25, -0.2) is 10.0 Å². The van der Waals surface area contributed by atoms with Crippen molar-refractivity contribution in [1.29, 1.82) is 0 Å². The van der Waals surface area contributed by atoms with Crippen LogP contribution in [0.3, 0.4) is 0 Å². The summed E-state index contributed by atoms with van der Waals surface area (Å²) in [6.07, 6.45) is 2.95. The molecule has 4 rings (SSSR count). The minimum absolute atomic E-state index is 0.301. The summed E-state index contributed by atoms with van der Waals surface area (Å²) in [5.74, 6) is 6.19. The molecule has 0 aliphatic carbocycles. The smallest absolute Gasteiger partial charge is 0.0331 e. The second-order valence-electron chi connectivity index (χ2n) is 6.10. The maximum atomic E-state index is 2.49. The lowest BCUT2D eigenvalue weighted by molar-refractivity contribution is 1.01. The molecule has 2 spiro atoms. The first-order valence-corrected chi connectivity index (χ1v) is 14.0. The first kappa shape index (κ1) is 14.2. The summed E-state index contributed by atoms with van der Waals surface area (Å²) in [6, 6.07) is 9.40. The van der Waals surface area contributed by atoms with Crippen molar-refractivity contribution < 1.29 is 0 Å². The molecule has 1 aromatic rings. The van der Waals surface area contributed by atoms with Gasteiger partial charge in [0.25, 0.3) is 0 Å². The summed E-state index contributed by atoms with van der Waals surface area (Å²) in [5.41, 5.74) is 0. The van der Waals surface area contributed by atoms with Crippen molar-refractivity contribution in [2.75, 3.05) is 33.2 Å². The van der Waals surface area contributed by atoms with Gasteiger partial charge in [-0.15, -0.1) is 11.8 Å². The molecule has 4 heteroatoms. The van der Waals surface area contributed by atoms with E-state index in [1.807, 2.05) is 0 Å². The molecule has 20 heavy (non-hydrogen) atoms. The molecule has 3 atom stereocenters. The van der Waals surface area contributed by atoms with Crippen LogP contribution in [0.25, 0.3) is 0 Å². The molecule has 2 saturated heterocycles. The molecule has 1 aromatic carbocycles. The Hall–Kier alpha value is 0.620. The highest BCUT2D eigenvalue weighted by molar-refractivity contribution is 8.56. The number of hydrogen-bond donors (Lipinski definition) is 0. The van der Waals surface area contributed by atoms with Crippen LogP contribution in [0, 0.1) is 0 Å². The van der Waals surface area contributed by atoms with E-state index in [0.29, 0.717) is 0 Å². The van der Waals surface area contributed by atoms with E-state index in [2.05, 4.69) is 54.7 Å². The number of benzene rings is 1. The summed E-state index contributed by atoms with van der Waals surface area (Å²) in [6.45, 7) is 2.49. The molecular formula is C16H24S4. The maximum Gasteiger partial charge on any atom is 0.0331 e. The van der Waals surface area contributed by atoms with Crippen LogP contribution in [0.2, 0.25) is 0 Å². The van der Waals surface area contributed by atoms with Crippen LogP contribution in [0.1, 0.15) is 19.8 Å². The fraction of sp³-hybridized carbons (Fsp3) is 0.625. The maximum absolute atomic E-state index is 2.49. The van der Waals surface area contributed by atoms with Crippen molar-refractivity contribution in [2.24, 2.45) is 0 Å². The van der Waals surface area contributed by atoms with Gasteiger partial charge in [0.05, 0.1) is 0 Å². The normalized spacial score (nSPS) is 46.0. The Morgan fingerprint density at radius 3 is 2.85 bits per heavy atom. The molecule has 3 unspecified atom stereocenters. The third kappa shape index (κ3) is 1.94. The number of hydrogen-bond acceptors (Lipinski definition) is 2. The van der Waals surface area contributed by atoms with Crippen LogP contribution in [-0.2, 0) is 0 Å². The lowest BCUT2D eigenvalue weighted by Crippen LogP contribution is -2.25. The van der Waals surface area contributed by atoms with E-state index >= 15 is 0 Å². The van der Waals surface area contributed by atoms with Crippen molar-refractivity contribution in [3.8, 4) is 0 Å². The summed E-state index contributed by atoms with van der Waals surface area (Å²) in [7, 11) is -0.799. The summed E-state index contributed by atoms with van der Waals surface area (Å²) in [4.78, 5) is 3.43. The Morgan fingerprint density at radius 1 is 1.15 bits per heavy atom. The molecule has 0 bridgehead atoms. The predicted molar refractivity (Wildman–Crippen MR) is 101 cm³/mol. The van der Waals surface area contributed by atoms with E-state index in [1.165, 1.54) is 28.8 Å². The molecule has 0 amide bonds. The average Bonchev–Trinajstić information content (AvgIpc) is 3.01. The topological polar surface area (TPSA) is 0 Å².